The molecule has 1 aromatic carbocycles. The summed E-state index contributed by atoms with van der Waals surface area (Å²) < 4.78 is 1.81. The Morgan fingerprint density at radius 3 is 2.43 bits per heavy atom. The number of hydrogen-bond donors (Lipinski definition) is 1. The number of carbonyl (C=O) groups is 2. The number of carboxylic acid groups (broad SMARTS) is 1. The Balaban J connectivity index is 1.55. The zero-order valence-corrected chi connectivity index (χ0v) is 15.1. The lowest BCUT2D eigenvalue weighted by molar-refractivity contribution is -0.143. The molecule has 0 radical (unpaired) electrons. The van der Waals surface area contributed by atoms with Gasteiger partial charge < -0.3 is 14.4 Å². The van der Waals surface area contributed by atoms with Crippen molar-refractivity contribution in [2.24, 2.45) is 5.92 Å². The van der Waals surface area contributed by atoms with Crippen molar-refractivity contribution in [1.29, 1.82) is 5.26 Å². The number of aliphatic carboxylic acids is 1. The lowest BCUT2D eigenvalue weighted by atomic mass is 9.97. The predicted molar refractivity (Wildman–Crippen MR) is 102 cm³/mol. The highest BCUT2D eigenvalue weighted by atomic mass is 16.4. The normalized spacial score (nSPS) is 14.8. The van der Waals surface area contributed by atoms with Gasteiger partial charge in [-0.1, -0.05) is 12.1 Å². The molecule has 28 heavy (non-hydrogen) atoms. The first-order valence-electron chi connectivity index (χ1n) is 9.06. The van der Waals surface area contributed by atoms with Crippen LogP contribution < -0.4 is 0 Å². The zero-order valence-electron chi connectivity index (χ0n) is 15.1. The summed E-state index contributed by atoms with van der Waals surface area (Å²) in [5, 5.41) is 18.0. The highest BCUT2D eigenvalue weighted by Gasteiger charge is 2.27. The van der Waals surface area contributed by atoms with Crippen LogP contribution >= 0.6 is 0 Å². The highest BCUT2D eigenvalue weighted by molar-refractivity contribution is 5.94. The number of imidazole rings is 1. The van der Waals surface area contributed by atoms with Crippen molar-refractivity contribution in [3.05, 3.63) is 59.9 Å². The second kappa shape index (κ2) is 7.16. The lowest BCUT2D eigenvalue weighted by Gasteiger charge is -2.30. The fourth-order valence-electron chi connectivity index (χ4n) is 3.49. The first kappa shape index (κ1) is 17.7. The van der Waals surface area contributed by atoms with Gasteiger partial charge in [-0.05, 0) is 37.1 Å². The van der Waals surface area contributed by atoms with Crippen LogP contribution in [0.25, 0.3) is 16.9 Å². The van der Waals surface area contributed by atoms with Gasteiger partial charge in [0, 0.05) is 31.0 Å². The van der Waals surface area contributed by atoms with Crippen LogP contribution in [0.4, 0.5) is 0 Å². The van der Waals surface area contributed by atoms with Crippen molar-refractivity contribution >= 4 is 17.5 Å². The molecule has 2 aromatic heterocycles. The number of nitriles is 1. The standard InChI is InChI=1S/C21H18N4O3/c22-11-14-1-3-15(4-2-14)18-13-25-12-17(5-6-19(25)23-18)20(26)24-9-7-16(8-10-24)21(27)28/h1-6,12-13,16H,7-10H2,(H,27,28). The van der Waals surface area contributed by atoms with Gasteiger partial charge in [0.1, 0.15) is 5.65 Å². The summed E-state index contributed by atoms with van der Waals surface area (Å²) in [5.41, 5.74) is 3.51. The second-order valence-corrected chi connectivity index (χ2v) is 6.90. The lowest BCUT2D eigenvalue weighted by Crippen LogP contribution is -2.40. The summed E-state index contributed by atoms with van der Waals surface area (Å²) in [4.78, 5) is 30.1. The summed E-state index contributed by atoms with van der Waals surface area (Å²) in [5.74, 6) is -1.25. The van der Waals surface area contributed by atoms with Gasteiger partial charge in [-0.2, -0.15) is 5.26 Å². The SMILES string of the molecule is N#Cc1ccc(-c2cn3cc(C(=O)N4CCC(C(=O)O)CC4)ccc3n2)cc1. The van der Waals surface area contributed by atoms with E-state index in [9.17, 15) is 9.59 Å². The summed E-state index contributed by atoms with van der Waals surface area (Å²) in [7, 11) is 0. The second-order valence-electron chi connectivity index (χ2n) is 6.90. The van der Waals surface area contributed by atoms with Crippen LogP contribution in [0, 0.1) is 17.2 Å². The number of likely N-dealkylation sites (tertiary alicyclic amines) is 1. The maximum absolute atomic E-state index is 12.8. The number of pyridine rings is 1. The fraction of sp³-hybridized carbons (Fsp3) is 0.238. The zero-order chi connectivity index (χ0) is 19.7. The summed E-state index contributed by atoms with van der Waals surface area (Å²) in [6.45, 7) is 0.905. The number of rotatable bonds is 3. The molecule has 3 heterocycles. The number of nitrogens with zero attached hydrogens (tertiary/aromatic N) is 4. The Hall–Kier alpha value is -3.66. The number of carboxylic acids is 1. The number of piperidine rings is 1. The predicted octanol–water partition coefficient (Wildman–Crippen LogP) is 2.81. The Kier molecular flexibility index (Phi) is 4.53. The Labute approximate surface area is 161 Å². The van der Waals surface area contributed by atoms with Crippen molar-refractivity contribution in [2.75, 3.05) is 13.1 Å². The largest absolute Gasteiger partial charge is 0.481 e. The van der Waals surface area contributed by atoms with Crippen LogP contribution in [0.15, 0.2) is 48.8 Å². The van der Waals surface area contributed by atoms with Gasteiger partial charge in [-0.3, -0.25) is 9.59 Å². The maximum atomic E-state index is 12.8. The van der Waals surface area contributed by atoms with E-state index in [0.29, 0.717) is 37.1 Å². The van der Waals surface area contributed by atoms with Gasteiger partial charge >= 0.3 is 5.97 Å². The molecule has 7 nitrogen and oxygen atoms in total. The summed E-state index contributed by atoms with van der Waals surface area (Å²) in [6.07, 6.45) is 4.57. The molecule has 1 fully saturated rings. The van der Waals surface area contributed by atoms with E-state index < -0.39 is 5.97 Å². The quantitative estimate of drug-likeness (QED) is 0.760. The third-order valence-corrected chi connectivity index (χ3v) is 5.14. The van der Waals surface area contributed by atoms with Crippen molar-refractivity contribution < 1.29 is 14.7 Å². The molecule has 0 atom stereocenters. The number of aromatic nitrogens is 2. The average molecular weight is 374 g/mol. The van der Waals surface area contributed by atoms with Crippen molar-refractivity contribution in [2.45, 2.75) is 12.8 Å². The van der Waals surface area contributed by atoms with Gasteiger partial charge in [0.15, 0.2) is 0 Å². The molecule has 4 rings (SSSR count). The minimum atomic E-state index is -0.790. The van der Waals surface area contributed by atoms with E-state index in [1.807, 2.05) is 22.7 Å². The Bertz CT molecular complexity index is 1090. The minimum absolute atomic E-state index is 0.0978. The molecule has 1 aliphatic heterocycles. The molecule has 1 aliphatic rings. The molecule has 7 heteroatoms. The maximum Gasteiger partial charge on any atom is 0.306 e. The van der Waals surface area contributed by atoms with E-state index in [-0.39, 0.29) is 11.8 Å². The van der Waals surface area contributed by atoms with Gasteiger partial charge in [-0.25, -0.2) is 4.98 Å². The van der Waals surface area contributed by atoms with Gasteiger partial charge in [0.05, 0.1) is 28.8 Å². The third kappa shape index (κ3) is 3.32. The van der Waals surface area contributed by atoms with Crippen LogP contribution in [-0.4, -0.2) is 44.4 Å². The Morgan fingerprint density at radius 1 is 1.07 bits per heavy atom. The fourth-order valence-corrected chi connectivity index (χ4v) is 3.49. The Morgan fingerprint density at radius 2 is 1.79 bits per heavy atom. The number of fused-ring (bicyclic) bond motifs is 1. The van der Waals surface area contributed by atoms with Crippen molar-refractivity contribution in [1.82, 2.24) is 14.3 Å². The highest BCUT2D eigenvalue weighted by Crippen LogP contribution is 2.22. The third-order valence-electron chi connectivity index (χ3n) is 5.14. The van der Waals surface area contributed by atoms with Crippen molar-refractivity contribution in [3.8, 4) is 17.3 Å². The van der Waals surface area contributed by atoms with Crippen LogP contribution in [0.3, 0.4) is 0 Å². The first-order chi connectivity index (χ1) is 13.5. The number of amides is 1. The van der Waals surface area contributed by atoms with E-state index >= 15 is 0 Å². The monoisotopic (exact) mass is 374 g/mol. The molecule has 0 aliphatic carbocycles. The van der Waals surface area contributed by atoms with E-state index in [2.05, 4.69) is 11.1 Å². The molecule has 0 unspecified atom stereocenters. The molecule has 0 saturated carbocycles. The van der Waals surface area contributed by atoms with Crippen LogP contribution in [0.5, 0.6) is 0 Å². The molecule has 0 spiro atoms. The number of carbonyl (C=O) groups excluding carboxylic acids is 1. The topological polar surface area (TPSA) is 98.7 Å². The van der Waals surface area contributed by atoms with E-state index in [4.69, 9.17) is 10.4 Å². The summed E-state index contributed by atoms with van der Waals surface area (Å²) in [6, 6.07) is 12.8. The molecular weight excluding hydrogens is 356 g/mol. The van der Waals surface area contributed by atoms with Crippen molar-refractivity contribution in [3.63, 3.8) is 0 Å². The molecule has 140 valence electrons. The molecule has 1 saturated heterocycles. The smallest absolute Gasteiger partial charge is 0.306 e. The number of hydrogen-bond acceptors (Lipinski definition) is 4. The van der Waals surface area contributed by atoms with Gasteiger partial charge in [0.25, 0.3) is 5.91 Å². The average Bonchev–Trinajstić information content (AvgIpc) is 3.16. The van der Waals surface area contributed by atoms with E-state index in [1.54, 1.807) is 35.4 Å². The molecule has 3 aromatic rings. The molecule has 1 amide bonds. The molecular formula is C21H18N4O3. The van der Waals surface area contributed by atoms with Crippen LogP contribution in [0.2, 0.25) is 0 Å². The van der Waals surface area contributed by atoms with Gasteiger partial charge in [-0.15, -0.1) is 0 Å². The summed E-state index contributed by atoms with van der Waals surface area (Å²) >= 11 is 0. The number of benzene rings is 1. The van der Waals surface area contributed by atoms with Crippen LogP contribution in [0.1, 0.15) is 28.8 Å². The molecule has 0 bridgehead atoms. The van der Waals surface area contributed by atoms with E-state index in [0.717, 1.165) is 16.9 Å². The minimum Gasteiger partial charge on any atom is -0.481 e. The molecule has 1 N–H and O–H groups in total. The van der Waals surface area contributed by atoms with Crippen LogP contribution in [-0.2, 0) is 4.79 Å². The first-order valence-corrected chi connectivity index (χ1v) is 9.06. The van der Waals surface area contributed by atoms with E-state index in [1.165, 1.54) is 0 Å². The van der Waals surface area contributed by atoms with Gasteiger partial charge in [0.2, 0.25) is 0 Å².